The van der Waals surface area contributed by atoms with Crippen LogP contribution in [-0.4, -0.2) is 59.7 Å². The van der Waals surface area contributed by atoms with E-state index in [-0.39, 0.29) is 15.7 Å². The summed E-state index contributed by atoms with van der Waals surface area (Å²) in [5.41, 5.74) is 0.998. The van der Waals surface area contributed by atoms with Crippen molar-refractivity contribution in [2.75, 3.05) is 51.3 Å². The van der Waals surface area contributed by atoms with E-state index in [4.69, 9.17) is 16.3 Å². The predicted octanol–water partition coefficient (Wildman–Crippen LogP) is 2.59. The van der Waals surface area contributed by atoms with E-state index in [2.05, 4.69) is 14.5 Å². The zero-order chi connectivity index (χ0) is 20.1. The van der Waals surface area contributed by atoms with E-state index >= 15 is 0 Å². The maximum absolute atomic E-state index is 13.0. The van der Waals surface area contributed by atoms with Gasteiger partial charge in [-0.15, -0.1) is 0 Å². The second-order valence-electron chi connectivity index (χ2n) is 6.50. The van der Waals surface area contributed by atoms with Crippen molar-refractivity contribution in [1.29, 1.82) is 0 Å². The molecule has 1 heterocycles. The minimum absolute atomic E-state index is 0.111. The first-order valence-corrected chi connectivity index (χ1v) is 10.8. The minimum atomic E-state index is -3.63. The molecule has 0 radical (unpaired) electrons. The van der Waals surface area contributed by atoms with Crippen molar-refractivity contribution < 1.29 is 17.5 Å². The molecule has 0 aliphatic carbocycles. The Bertz CT molecular complexity index is 901. The average Bonchev–Trinajstić information content (AvgIpc) is 2.69. The lowest BCUT2D eigenvalue weighted by molar-refractivity contribution is 0.262. The lowest BCUT2D eigenvalue weighted by Gasteiger charge is -2.36. The van der Waals surface area contributed by atoms with Crippen LogP contribution >= 0.6 is 11.6 Å². The molecule has 1 aliphatic heterocycles. The Morgan fingerprint density at radius 3 is 2.39 bits per heavy atom. The molecule has 9 heteroatoms. The molecule has 0 spiro atoms. The molecule has 2 aromatic carbocycles. The summed E-state index contributed by atoms with van der Waals surface area (Å²) >= 11 is 6.01. The number of hydrogen-bond donors (Lipinski definition) is 1. The molecule has 0 bridgehead atoms. The summed E-state index contributed by atoms with van der Waals surface area (Å²) in [6.07, 6.45) is 0. The SMILES string of the molecule is COc1ccc(S(=O)(=O)NCCN2CCN(c3ccc(F)cc3)CC2)cc1Cl. The van der Waals surface area contributed by atoms with E-state index in [1.54, 1.807) is 12.1 Å². The molecule has 0 unspecified atom stereocenters. The van der Waals surface area contributed by atoms with Gasteiger partial charge in [0.25, 0.3) is 0 Å². The van der Waals surface area contributed by atoms with Crippen molar-refractivity contribution in [3.63, 3.8) is 0 Å². The standard InChI is InChI=1S/C19H23ClFN3O3S/c1-27-19-7-6-17(14-18(19)20)28(25,26)22-8-9-23-10-12-24(13-11-23)16-4-2-15(21)3-5-16/h2-7,14,22H,8-13H2,1H3. The first-order chi connectivity index (χ1) is 13.4. The molecule has 6 nitrogen and oxygen atoms in total. The average molecular weight is 428 g/mol. The highest BCUT2D eigenvalue weighted by atomic mass is 35.5. The van der Waals surface area contributed by atoms with Gasteiger partial charge in [0.15, 0.2) is 0 Å². The van der Waals surface area contributed by atoms with Crippen molar-refractivity contribution in [2.24, 2.45) is 0 Å². The van der Waals surface area contributed by atoms with E-state index in [0.29, 0.717) is 18.8 Å². The Balaban J connectivity index is 1.47. The third-order valence-corrected chi connectivity index (χ3v) is 6.47. The first kappa shape index (κ1) is 20.9. The van der Waals surface area contributed by atoms with Crippen molar-refractivity contribution in [3.05, 3.63) is 53.3 Å². The lowest BCUT2D eigenvalue weighted by Crippen LogP contribution is -2.48. The van der Waals surface area contributed by atoms with Gasteiger partial charge in [-0.25, -0.2) is 17.5 Å². The van der Waals surface area contributed by atoms with Crippen LogP contribution in [0.2, 0.25) is 5.02 Å². The molecule has 0 amide bonds. The highest BCUT2D eigenvalue weighted by molar-refractivity contribution is 7.89. The number of sulfonamides is 1. The lowest BCUT2D eigenvalue weighted by atomic mass is 10.2. The predicted molar refractivity (Wildman–Crippen MR) is 108 cm³/mol. The van der Waals surface area contributed by atoms with Gasteiger partial charge in [0, 0.05) is 45.0 Å². The fourth-order valence-corrected chi connectivity index (χ4v) is 4.49. The van der Waals surface area contributed by atoms with Crippen molar-refractivity contribution in [3.8, 4) is 5.75 Å². The van der Waals surface area contributed by atoms with Gasteiger partial charge in [0.1, 0.15) is 11.6 Å². The molecule has 1 N–H and O–H groups in total. The van der Waals surface area contributed by atoms with Gasteiger partial charge < -0.3 is 9.64 Å². The van der Waals surface area contributed by atoms with Crippen LogP contribution < -0.4 is 14.4 Å². The van der Waals surface area contributed by atoms with Crippen molar-refractivity contribution in [2.45, 2.75) is 4.90 Å². The molecule has 3 rings (SSSR count). The van der Waals surface area contributed by atoms with Crippen LogP contribution in [0.3, 0.4) is 0 Å². The number of nitrogens with zero attached hydrogens (tertiary/aromatic N) is 2. The molecule has 0 aromatic heterocycles. The molecule has 1 fully saturated rings. The summed E-state index contributed by atoms with van der Waals surface area (Å²) in [5.74, 6) is 0.187. The first-order valence-electron chi connectivity index (χ1n) is 8.95. The van der Waals surface area contributed by atoms with Gasteiger partial charge in [0.2, 0.25) is 10.0 Å². The summed E-state index contributed by atoms with van der Waals surface area (Å²) in [5, 5.41) is 0.252. The van der Waals surface area contributed by atoms with Crippen molar-refractivity contribution >= 4 is 27.3 Å². The fraction of sp³-hybridized carbons (Fsp3) is 0.368. The van der Waals surface area contributed by atoms with Crippen LogP contribution in [0.4, 0.5) is 10.1 Å². The molecule has 152 valence electrons. The highest BCUT2D eigenvalue weighted by Crippen LogP contribution is 2.26. The minimum Gasteiger partial charge on any atom is -0.495 e. The largest absolute Gasteiger partial charge is 0.495 e. The summed E-state index contributed by atoms with van der Waals surface area (Å²) in [6, 6.07) is 10.9. The smallest absolute Gasteiger partial charge is 0.240 e. The summed E-state index contributed by atoms with van der Waals surface area (Å²) in [4.78, 5) is 4.50. The summed E-state index contributed by atoms with van der Waals surface area (Å²) in [7, 11) is -2.15. The van der Waals surface area contributed by atoms with Crippen LogP contribution in [0, 0.1) is 5.82 Å². The van der Waals surface area contributed by atoms with Crippen LogP contribution in [0.15, 0.2) is 47.4 Å². The third kappa shape index (κ3) is 5.14. The number of nitrogens with one attached hydrogen (secondary N) is 1. The van der Waals surface area contributed by atoms with E-state index < -0.39 is 10.0 Å². The zero-order valence-electron chi connectivity index (χ0n) is 15.6. The topological polar surface area (TPSA) is 61.9 Å². The van der Waals surface area contributed by atoms with Crippen LogP contribution in [-0.2, 0) is 10.0 Å². The molecule has 1 saturated heterocycles. The van der Waals surface area contributed by atoms with E-state index in [1.165, 1.54) is 37.4 Å². The number of benzene rings is 2. The number of piperazine rings is 1. The highest BCUT2D eigenvalue weighted by Gasteiger charge is 2.19. The zero-order valence-corrected chi connectivity index (χ0v) is 17.1. The normalized spacial score (nSPS) is 15.6. The van der Waals surface area contributed by atoms with Crippen molar-refractivity contribution in [1.82, 2.24) is 9.62 Å². The number of ether oxygens (including phenoxy) is 1. The fourth-order valence-electron chi connectivity index (χ4n) is 3.12. The number of hydrogen-bond acceptors (Lipinski definition) is 5. The Kier molecular flexibility index (Phi) is 6.77. The molecule has 2 aromatic rings. The molecule has 0 atom stereocenters. The number of anilines is 1. The Morgan fingerprint density at radius 1 is 1.11 bits per heavy atom. The van der Waals surface area contributed by atoms with Crippen LogP contribution in [0.5, 0.6) is 5.75 Å². The van der Waals surface area contributed by atoms with Crippen LogP contribution in [0.1, 0.15) is 0 Å². The third-order valence-electron chi connectivity index (χ3n) is 4.72. The Morgan fingerprint density at radius 2 is 1.79 bits per heavy atom. The second kappa shape index (κ2) is 9.09. The summed E-state index contributed by atoms with van der Waals surface area (Å²) < 4.78 is 45.5. The number of halogens is 2. The van der Waals surface area contributed by atoms with Gasteiger partial charge in [-0.05, 0) is 42.5 Å². The Labute approximate surface area is 169 Å². The molecule has 28 heavy (non-hydrogen) atoms. The maximum Gasteiger partial charge on any atom is 0.240 e. The molecule has 1 aliphatic rings. The second-order valence-corrected chi connectivity index (χ2v) is 8.67. The van der Waals surface area contributed by atoms with E-state index in [0.717, 1.165) is 31.9 Å². The van der Waals surface area contributed by atoms with Gasteiger partial charge in [-0.3, -0.25) is 4.90 Å². The maximum atomic E-state index is 13.0. The van der Waals surface area contributed by atoms with E-state index in [1.807, 2.05) is 0 Å². The monoisotopic (exact) mass is 427 g/mol. The van der Waals surface area contributed by atoms with Gasteiger partial charge >= 0.3 is 0 Å². The Hall–Kier alpha value is -1.87. The van der Waals surface area contributed by atoms with E-state index in [9.17, 15) is 12.8 Å². The number of rotatable bonds is 7. The van der Waals surface area contributed by atoms with Crippen LogP contribution in [0.25, 0.3) is 0 Å². The molecule has 0 saturated carbocycles. The summed E-state index contributed by atoms with van der Waals surface area (Å²) in [6.45, 7) is 4.17. The number of methoxy groups -OCH3 is 1. The quantitative estimate of drug-likeness (QED) is 0.736. The molecular weight excluding hydrogens is 405 g/mol. The van der Waals surface area contributed by atoms with Gasteiger partial charge in [0.05, 0.1) is 17.0 Å². The molecular formula is C19H23ClFN3O3S. The van der Waals surface area contributed by atoms with Gasteiger partial charge in [-0.1, -0.05) is 11.6 Å². The van der Waals surface area contributed by atoms with Gasteiger partial charge in [-0.2, -0.15) is 0 Å².